The van der Waals surface area contributed by atoms with Crippen LogP contribution in [-0.4, -0.2) is 16.0 Å². The van der Waals surface area contributed by atoms with Crippen molar-refractivity contribution in [3.63, 3.8) is 0 Å². The number of rotatable bonds is 5. The maximum Gasteiger partial charge on any atom is 0.416 e. The molecule has 2 aromatic carbocycles. The first kappa shape index (κ1) is 18.6. The molecule has 0 saturated heterocycles. The molecule has 0 radical (unpaired) electrons. The number of hydrogen-bond donors (Lipinski definition) is 1. The average molecular weight is 379 g/mol. The number of aromatic nitrogens is 2. The molecule has 0 saturated carbocycles. The highest BCUT2D eigenvalue weighted by atomic mass is 19.4. The van der Waals surface area contributed by atoms with Crippen LogP contribution in [0.5, 0.6) is 0 Å². The van der Waals surface area contributed by atoms with Crippen molar-refractivity contribution in [1.29, 1.82) is 0 Å². The Labute approximate surface area is 151 Å². The van der Waals surface area contributed by atoms with Crippen LogP contribution >= 0.6 is 0 Å². The van der Waals surface area contributed by atoms with E-state index >= 15 is 0 Å². The summed E-state index contributed by atoms with van der Waals surface area (Å²) in [7, 11) is 0. The van der Waals surface area contributed by atoms with E-state index in [0.717, 1.165) is 12.1 Å². The molecule has 0 spiro atoms. The number of hydrogen-bond acceptors (Lipinski definition) is 4. The first-order valence-corrected chi connectivity index (χ1v) is 7.87. The Morgan fingerprint density at radius 1 is 1.11 bits per heavy atom. The van der Waals surface area contributed by atoms with Gasteiger partial charge < -0.3 is 9.84 Å². The summed E-state index contributed by atoms with van der Waals surface area (Å²) in [5, 5.41) is 6.24. The number of nitrogens with one attached hydrogen (secondary N) is 1. The highest BCUT2D eigenvalue weighted by molar-refractivity contribution is 5.90. The minimum Gasteiger partial charge on any atom is -0.339 e. The van der Waals surface area contributed by atoms with Gasteiger partial charge in [-0.25, -0.2) is 4.39 Å². The maximum atomic E-state index is 12.8. The van der Waals surface area contributed by atoms with Crippen molar-refractivity contribution in [3.05, 3.63) is 65.8 Å². The van der Waals surface area contributed by atoms with E-state index in [2.05, 4.69) is 15.5 Å². The molecule has 0 aliphatic carbocycles. The van der Waals surface area contributed by atoms with Crippen LogP contribution in [0, 0.1) is 5.82 Å². The monoisotopic (exact) mass is 379 g/mol. The van der Waals surface area contributed by atoms with Crippen LogP contribution < -0.4 is 5.32 Å². The molecule has 3 rings (SSSR count). The molecule has 1 N–H and O–H groups in total. The molecule has 0 aliphatic rings. The van der Waals surface area contributed by atoms with E-state index in [4.69, 9.17) is 4.52 Å². The van der Waals surface area contributed by atoms with Gasteiger partial charge in [-0.2, -0.15) is 18.2 Å². The van der Waals surface area contributed by atoms with Crippen LogP contribution in [0.2, 0.25) is 0 Å². The van der Waals surface area contributed by atoms with Gasteiger partial charge in [-0.1, -0.05) is 17.3 Å². The second kappa shape index (κ2) is 7.56. The van der Waals surface area contributed by atoms with Crippen molar-refractivity contribution >= 4 is 11.6 Å². The SMILES string of the molecule is O=C(CCc1nc(-c2cccc(C(F)(F)F)c2)no1)Nc1ccc(F)cc1. The first-order chi connectivity index (χ1) is 12.8. The van der Waals surface area contributed by atoms with Crippen molar-refractivity contribution in [1.82, 2.24) is 10.1 Å². The molecule has 0 unspecified atom stereocenters. The van der Waals surface area contributed by atoms with E-state index in [1.165, 1.54) is 36.4 Å². The molecule has 5 nitrogen and oxygen atoms in total. The molecule has 0 bridgehead atoms. The Bertz CT molecular complexity index is 936. The van der Waals surface area contributed by atoms with Gasteiger partial charge in [-0.3, -0.25) is 4.79 Å². The minimum atomic E-state index is -4.47. The second-order valence-corrected chi connectivity index (χ2v) is 5.65. The summed E-state index contributed by atoms with van der Waals surface area (Å²) in [6, 6.07) is 9.84. The number of carbonyl (C=O) groups excluding carboxylic acids is 1. The Kier molecular flexibility index (Phi) is 5.20. The lowest BCUT2D eigenvalue weighted by atomic mass is 10.1. The zero-order valence-electron chi connectivity index (χ0n) is 13.8. The number of alkyl halides is 3. The van der Waals surface area contributed by atoms with E-state index in [1.54, 1.807) is 0 Å². The topological polar surface area (TPSA) is 68.0 Å². The molecular formula is C18H13F4N3O2. The minimum absolute atomic E-state index is 0.00930. The van der Waals surface area contributed by atoms with Crippen molar-refractivity contribution in [3.8, 4) is 11.4 Å². The van der Waals surface area contributed by atoms with Crippen LogP contribution in [0.15, 0.2) is 53.1 Å². The summed E-state index contributed by atoms with van der Waals surface area (Å²) >= 11 is 0. The Hall–Kier alpha value is -3.23. The first-order valence-electron chi connectivity index (χ1n) is 7.87. The number of carbonyl (C=O) groups is 1. The third-order valence-electron chi connectivity index (χ3n) is 3.61. The summed E-state index contributed by atoms with van der Waals surface area (Å²) < 4.78 is 56.1. The molecule has 0 fully saturated rings. The van der Waals surface area contributed by atoms with Gasteiger partial charge in [0, 0.05) is 24.1 Å². The molecule has 27 heavy (non-hydrogen) atoms. The lowest BCUT2D eigenvalue weighted by Gasteiger charge is -2.06. The summed E-state index contributed by atoms with van der Waals surface area (Å²) in [5.41, 5.74) is -0.211. The lowest BCUT2D eigenvalue weighted by Crippen LogP contribution is -2.12. The number of amides is 1. The fourth-order valence-corrected chi connectivity index (χ4v) is 2.29. The highest BCUT2D eigenvalue weighted by Gasteiger charge is 2.30. The standard InChI is InChI=1S/C18H13F4N3O2/c19-13-4-6-14(7-5-13)23-15(26)8-9-16-24-17(25-27-16)11-2-1-3-12(10-11)18(20,21)22/h1-7,10H,8-9H2,(H,23,26). The van der Waals surface area contributed by atoms with E-state index in [-0.39, 0.29) is 36.0 Å². The van der Waals surface area contributed by atoms with E-state index in [0.29, 0.717) is 5.69 Å². The zero-order chi connectivity index (χ0) is 19.4. The summed E-state index contributed by atoms with van der Waals surface area (Å²) in [6.45, 7) is 0. The zero-order valence-corrected chi connectivity index (χ0v) is 13.8. The molecule has 3 aromatic rings. The number of nitrogens with zero attached hydrogens (tertiary/aromatic N) is 2. The lowest BCUT2D eigenvalue weighted by molar-refractivity contribution is -0.137. The molecule has 1 aromatic heterocycles. The fraction of sp³-hybridized carbons (Fsp3) is 0.167. The molecule has 1 amide bonds. The van der Waals surface area contributed by atoms with E-state index < -0.39 is 17.6 Å². The number of aryl methyl sites for hydroxylation is 1. The molecular weight excluding hydrogens is 366 g/mol. The second-order valence-electron chi connectivity index (χ2n) is 5.65. The normalized spacial score (nSPS) is 11.4. The third kappa shape index (κ3) is 4.90. The highest BCUT2D eigenvalue weighted by Crippen LogP contribution is 2.31. The van der Waals surface area contributed by atoms with E-state index in [9.17, 15) is 22.4 Å². The maximum absolute atomic E-state index is 12.8. The van der Waals surface area contributed by atoms with Crippen LogP contribution in [0.4, 0.5) is 23.2 Å². The largest absolute Gasteiger partial charge is 0.416 e. The molecule has 0 aliphatic heterocycles. The molecule has 9 heteroatoms. The van der Waals surface area contributed by atoms with Gasteiger partial charge in [0.05, 0.1) is 5.56 Å². The average Bonchev–Trinajstić information content (AvgIpc) is 3.10. The Morgan fingerprint density at radius 3 is 2.56 bits per heavy atom. The van der Waals surface area contributed by atoms with Crippen LogP contribution in [-0.2, 0) is 17.4 Å². The van der Waals surface area contributed by atoms with Gasteiger partial charge >= 0.3 is 6.18 Å². The van der Waals surface area contributed by atoms with Crippen molar-refractivity contribution in [2.24, 2.45) is 0 Å². The summed E-state index contributed by atoms with van der Waals surface area (Å²) in [6.07, 6.45) is -4.35. The van der Waals surface area contributed by atoms with E-state index in [1.807, 2.05) is 0 Å². The van der Waals surface area contributed by atoms with Gasteiger partial charge in [0.15, 0.2) is 0 Å². The Morgan fingerprint density at radius 2 is 1.85 bits per heavy atom. The molecule has 0 atom stereocenters. The van der Waals surface area contributed by atoms with Crippen molar-refractivity contribution < 1.29 is 26.9 Å². The van der Waals surface area contributed by atoms with Gasteiger partial charge in [-0.05, 0) is 36.4 Å². The third-order valence-corrected chi connectivity index (χ3v) is 3.61. The predicted molar refractivity (Wildman–Crippen MR) is 88.1 cm³/mol. The molecule has 140 valence electrons. The van der Waals surface area contributed by atoms with Crippen LogP contribution in [0.3, 0.4) is 0 Å². The fourth-order valence-electron chi connectivity index (χ4n) is 2.29. The number of halogens is 4. The number of anilines is 1. The van der Waals surface area contributed by atoms with Gasteiger partial charge in [0.1, 0.15) is 5.82 Å². The quantitative estimate of drug-likeness (QED) is 0.665. The van der Waals surface area contributed by atoms with Gasteiger partial charge in [0.2, 0.25) is 17.6 Å². The smallest absolute Gasteiger partial charge is 0.339 e. The summed E-state index contributed by atoms with van der Waals surface area (Å²) in [4.78, 5) is 15.9. The number of benzene rings is 2. The molecule has 1 heterocycles. The van der Waals surface area contributed by atoms with Crippen molar-refractivity contribution in [2.75, 3.05) is 5.32 Å². The Balaban J connectivity index is 1.61. The summed E-state index contributed by atoms with van der Waals surface area (Å²) in [5.74, 6) is -0.631. The van der Waals surface area contributed by atoms with Gasteiger partial charge in [-0.15, -0.1) is 0 Å². The van der Waals surface area contributed by atoms with Crippen molar-refractivity contribution in [2.45, 2.75) is 19.0 Å². The van der Waals surface area contributed by atoms with Crippen LogP contribution in [0.25, 0.3) is 11.4 Å². The van der Waals surface area contributed by atoms with Gasteiger partial charge in [0.25, 0.3) is 0 Å². The van der Waals surface area contributed by atoms with Crippen LogP contribution in [0.1, 0.15) is 17.9 Å². The predicted octanol–water partition coefficient (Wildman–Crippen LogP) is 4.47.